The molecule has 1 amide bonds. The molecule has 1 aliphatic rings. The van der Waals surface area contributed by atoms with Gasteiger partial charge in [-0.05, 0) is 41.5 Å². The standard InChI is InChI=1S/C14H28N2O5/c1-8(17)10-11(20-14(5,6)19-10)9(15)7-16-12(18)21-13(2,3)4/h8-11,17H,7,15H2,1-6H3,(H,16,18)/t8-,9-,10-,11-/m1/s1. The average molecular weight is 304 g/mol. The van der Waals surface area contributed by atoms with Crippen LogP contribution in [0.5, 0.6) is 0 Å². The lowest BCUT2D eigenvalue weighted by molar-refractivity contribution is -0.155. The van der Waals surface area contributed by atoms with Crippen molar-refractivity contribution in [3.05, 3.63) is 0 Å². The Kier molecular flexibility index (Phi) is 5.60. The fraction of sp³-hybridized carbons (Fsp3) is 0.929. The highest BCUT2D eigenvalue weighted by atomic mass is 16.8. The SMILES string of the molecule is C[C@@H](O)[C@H]1OC(C)(C)O[C@@H]1[C@H](N)CNC(=O)OC(C)(C)C. The number of amides is 1. The van der Waals surface area contributed by atoms with E-state index in [1.165, 1.54) is 0 Å². The van der Waals surface area contributed by atoms with Crippen LogP contribution in [-0.2, 0) is 14.2 Å². The highest BCUT2D eigenvalue weighted by Gasteiger charge is 2.46. The van der Waals surface area contributed by atoms with E-state index in [-0.39, 0.29) is 6.54 Å². The van der Waals surface area contributed by atoms with E-state index in [0.29, 0.717) is 0 Å². The number of nitrogens with one attached hydrogen (secondary N) is 1. The Morgan fingerprint density at radius 2 is 1.90 bits per heavy atom. The lowest BCUT2D eigenvalue weighted by Crippen LogP contribution is -2.51. The molecule has 7 heteroatoms. The van der Waals surface area contributed by atoms with Crippen LogP contribution in [0.1, 0.15) is 41.5 Å². The van der Waals surface area contributed by atoms with Crippen molar-refractivity contribution in [2.24, 2.45) is 5.73 Å². The Labute approximate surface area is 126 Å². The monoisotopic (exact) mass is 304 g/mol. The summed E-state index contributed by atoms with van der Waals surface area (Å²) < 4.78 is 16.5. The zero-order valence-corrected chi connectivity index (χ0v) is 13.7. The summed E-state index contributed by atoms with van der Waals surface area (Å²) in [6.07, 6.45) is -2.29. The highest BCUT2D eigenvalue weighted by molar-refractivity contribution is 5.67. The first kappa shape index (κ1) is 18.2. The third kappa shape index (κ3) is 5.78. The van der Waals surface area contributed by atoms with Crippen molar-refractivity contribution in [3.63, 3.8) is 0 Å². The van der Waals surface area contributed by atoms with E-state index < -0.39 is 41.8 Å². The van der Waals surface area contributed by atoms with Crippen LogP contribution in [0.4, 0.5) is 4.79 Å². The Hall–Kier alpha value is -0.890. The summed E-state index contributed by atoms with van der Waals surface area (Å²) in [4.78, 5) is 11.6. The van der Waals surface area contributed by atoms with E-state index in [0.717, 1.165) is 0 Å². The number of hydrogen-bond acceptors (Lipinski definition) is 6. The summed E-state index contributed by atoms with van der Waals surface area (Å²) in [6, 6.07) is -0.515. The Morgan fingerprint density at radius 3 is 2.38 bits per heavy atom. The first-order valence-electron chi connectivity index (χ1n) is 7.17. The minimum atomic E-state index is -0.810. The highest BCUT2D eigenvalue weighted by Crippen LogP contribution is 2.31. The van der Waals surface area contributed by atoms with Gasteiger partial charge in [0, 0.05) is 6.54 Å². The van der Waals surface area contributed by atoms with Crippen LogP contribution in [0.3, 0.4) is 0 Å². The molecule has 7 nitrogen and oxygen atoms in total. The number of aliphatic hydroxyl groups is 1. The van der Waals surface area contributed by atoms with Crippen molar-refractivity contribution in [1.29, 1.82) is 0 Å². The van der Waals surface area contributed by atoms with E-state index in [9.17, 15) is 9.90 Å². The minimum absolute atomic E-state index is 0.169. The van der Waals surface area contributed by atoms with Gasteiger partial charge >= 0.3 is 6.09 Å². The van der Waals surface area contributed by atoms with Crippen molar-refractivity contribution in [3.8, 4) is 0 Å². The predicted octanol–water partition coefficient (Wildman–Crippen LogP) is 0.739. The number of alkyl carbamates (subject to hydrolysis) is 1. The first-order valence-corrected chi connectivity index (χ1v) is 7.17. The number of ether oxygens (including phenoxy) is 3. The van der Waals surface area contributed by atoms with Crippen LogP contribution >= 0.6 is 0 Å². The van der Waals surface area contributed by atoms with Crippen LogP contribution in [0.25, 0.3) is 0 Å². The Bertz CT molecular complexity index is 365. The number of aliphatic hydroxyl groups excluding tert-OH is 1. The molecule has 0 saturated carbocycles. The van der Waals surface area contributed by atoms with E-state index in [1.54, 1.807) is 41.5 Å². The number of carbonyl (C=O) groups is 1. The molecule has 0 unspecified atom stereocenters. The number of carbonyl (C=O) groups excluding carboxylic acids is 1. The fourth-order valence-corrected chi connectivity index (χ4v) is 2.15. The fourth-order valence-electron chi connectivity index (χ4n) is 2.15. The molecule has 1 aliphatic heterocycles. The van der Waals surface area contributed by atoms with Crippen molar-refractivity contribution in [2.45, 2.75) is 77.3 Å². The molecular weight excluding hydrogens is 276 g/mol. The molecule has 1 rings (SSSR count). The molecule has 0 bridgehead atoms. The normalized spacial score (nSPS) is 28.0. The quantitative estimate of drug-likeness (QED) is 0.708. The second-order valence-corrected chi connectivity index (χ2v) is 6.85. The molecular formula is C14H28N2O5. The molecule has 0 aromatic rings. The van der Waals surface area contributed by atoms with Crippen LogP contribution in [-0.4, -0.2) is 53.5 Å². The molecule has 4 N–H and O–H groups in total. The van der Waals surface area contributed by atoms with Gasteiger partial charge in [-0.2, -0.15) is 0 Å². The van der Waals surface area contributed by atoms with Gasteiger partial charge in [-0.3, -0.25) is 0 Å². The van der Waals surface area contributed by atoms with Crippen molar-refractivity contribution < 1.29 is 24.1 Å². The molecule has 1 heterocycles. The minimum Gasteiger partial charge on any atom is -0.444 e. The molecule has 4 atom stereocenters. The topological polar surface area (TPSA) is 103 Å². The van der Waals surface area contributed by atoms with Crippen LogP contribution < -0.4 is 11.1 Å². The summed E-state index contributed by atoms with van der Waals surface area (Å²) in [6.45, 7) is 10.7. The van der Waals surface area contributed by atoms with E-state index in [4.69, 9.17) is 19.9 Å². The second kappa shape index (κ2) is 6.48. The number of nitrogens with two attached hydrogens (primary N) is 1. The maximum absolute atomic E-state index is 11.6. The van der Waals surface area contributed by atoms with E-state index in [1.807, 2.05) is 0 Å². The van der Waals surface area contributed by atoms with Gasteiger partial charge in [-0.15, -0.1) is 0 Å². The molecule has 21 heavy (non-hydrogen) atoms. The lowest BCUT2D eigenvalue weighted by atomic mass is 10.0. The summed E-state index contributed by atoms with van der Waals surface area (Å²) in [5.41, 5.74) is 5.49. The van der Waals surface area contributed by atoms with E-state index >= 15 is 0 Å². The Morgan fingerprint density at radius 1 is 1.38 bits per heavy atom. The maximum Gasteiger partial charge on any atom is 0.407 e. The summed E-state index contributed by atoms with van der Waals surface area (Å²) >= 11 is 0. The summed E-state index contributed by atoms with van der Waals surface area (Å²) in [7, 11) is 0. The van der Waals surface area contributed by atoms with Gasteiger partial charge in [0.25, 0.3) is 0 Å². The van der Waals surface area contributed by atoms with Crippen molar-refractivity contribution in [1.82, 2.24) is 5.32 Å². The first-order chi connectivity index (χ1) is 9.41. The van der Waals surface area contributed by atoms with Crippen LogP contribution in [0.15, 0.2) is 0 Å². The van der Waals surface area contributed by atoms with Crippen molar-refractivity contribution >= 4 is 6.09 Å². The molecule has 1 saturated heterocycles. The van der Waals surface area contributed by atoms with Gasteiger partial charge in [0.15, 0.2) is 5.79 Å². The average Bonchev–Trinajstić information content (AvgIpc) is 2.60. The van der Waals surface area contributed by atoms with E-state index in [2.05, 4.69) is 5.32 Å². The number of hydrogen-bond donors (Lipinski definition) is 3. The summed E-state index contributed by atoms with van der Waals surface area (Å²) in [5.74, 6) is -0.810. The van der Waals surface area contributed by atoms with Gasteiger partial charge in [-0.25, -0.2) is 4.79 Å². The third-order valence-corrected chi connectivity index (χ3v) is 2.94. The van der Waals surface area contributed by atoms with Gasteiger partial charge in [0.05, 0.1) is 12.1 Å². The molecule has 0 aromatic heterocycles. The molecule has 0 aliphatic carbocycles. The van der Waals surface area contributed by atoms with Gasteiger partial charge < -0.3 is 30.4 Å². The van der Waals surface area contributed by atoms with Gasteiger partial charge in [0.1, 0.15) is 17.8 Å². The smallest absolute Gasteiger partial charge is 0.407 e. The molecule has 0 aromatic carbocycles. The molecule has 124 valence electrons. The lowest BCUT2D eigenvalue weighted by Gasteiger charge is -2.26. The molecule has 0 radical (unpaired) electrons. The second-order valence-electron chi connectivity index (χ2n) is 6.85. The predicted molar refractivity (Wildman–Crippen MR) is 77.7 cm³/mol. The number of rotatable bonds is 4. The maximum atomic E-state index is 11.6. The van der Waals surface area contributed by atoms with Gasteiger partial charge in [0.2, 0.25) is 0 Å². The zero-order chi connectivity index (χ0) is 16.4. The van der Waals surface area contributed by atoms with Crippen LogP contribution in [0, 0.1) is 0 Å². The van der Waals surface area contributed by atoms with Crippen molar-refractivity contribution in [2.75, 3.05) is 6.54 Å². The largest absolute Gasteiger partial charge is 0.444 e. The Balaban J connectivity index is 2.54. The zero-order valence-electron chi connectivity index (χ0n) is 13.7. The van der Waals surface area contributed by atoms with Crippen LogP contribution in [0.2, 0.25) is 0 Å². The summed E-state index contributed by atoms with van der Waals surface area (Å²) in [5, 5.41) is 12.4. The molecule has 1 fully saturated rings. The third-order valence-electron chi connectivity index (χ3n) is 2.94. The van der Waals surface area contributed by atoms with Gasteiger partial charge in [-0.1, -0.05) is 0 Å². The molecule has 0 spiro atoms.